The molecule has 0 atom stereocenters. The van der Waals surface area contributed by atoms with E-state index < -0.39 is 0 Å². The van der Waals surface area contributed by atoms with E-state index in [1.807, 2.05) is 18.3 Å². The van der Waals surface area contributed by atoms with E-state index in [2.05, 4.69) is 87.9 Å². The van der Waals surface area contributed by atoms with Gasteiger partial charge < -0.3 is 9.64 Å². The maximum Gasteiger partial charge on any atom is 0.155 e. The Morgan fingerprint density at radius 3 is 2.00 bits per heavy atom. The van der Waals surface area contributed by atoms with Crippen molar-refractivity contribution in [2.75, 3.05) is 31.2 Å². The van der Waals surface area contributed by atoms with Crippen LogP contribution in [0.25, 0.3) is 22.3 Å². The van der Waals surface area contributed by atoms with Gasteiger partial charge in [-0.25, -0.2) is 0 Å². The number of morpholine rings is 1. The van der Waals surface area contributed by atoms with Gasteiger partial charge in [0, 0.05) is 30.6 Å². The Bertz CT molecular complexity index is 1120. The molecule has 4 nitrogen and oxygen atoms in total. The van der Waals surface area contributed by atoms with Crippen LogP contribution in [-0.2, 0) is 11.2 Å². The summed E-state index contributed by atoms with van der Waals surface area (Å²) in [6, 6.07) is 29.8. The van der Waals surface area contributed by atoms with Gasteiger partial charge in [0.2, 0.25) is 0 Å². The number of benzene rings is 3. The van der Waals surface area contributed by atoms with E-state index in [1.54, 1.807) is 0 Å². The third kappa shape index (κ3) is 4.35. The molecule has 0 unspecified atom stereocenters. The van der Waals surface area contributed by atoms with Gasteiger partial charge in [0.05, 0.1) is 19.4 Å². The molecule has 1 aliphatic heterocycles. The zero-order valence-corrected chi connectivity index (χ0v) is 17.4. The van der Waals surface area contributed by atoms with Crippen LogP contribution in [0.4, 0.5) is 5.82 Å². The summed E-state index contributed by atoms with van der Waals surface area (Å²) < 4.78 is 5.56. The van der Waals surface area contributed by atoms with E-state index in [9.17, 15) is 0 Å². The Morgan fingerprint density at radius 2 is 1.32 bits per heavy atom. The second-order valence-corrected chi connectivity index (χ2v) is 7.77. The Kier molecular flexibility index (Phi) is 5.72. The van der Waals surface area contributed by atoms with Gasteiger partial charge in [-0.3, -0.25) is 0 Å². The summed E-state index contributed by atoms with van der Waals surface area (Å²) in [4.78, 5) is 2.30. The van der Waals surface area contributed by atoms with E-state index >= 15 is 0 Å². The number of nitrogens with zero attached hydrogens (tertiary/aromatic N) is 3. The first-order valence-electron chi connectivity index (χ1n) is 10.8. The van der Waals surface area contributed by atoms with Crippen molar-refractivity contribution in [3.05, 3.63) is 102 Å². The lowest BCUT2D eigenvalue weighted by Gasteiger charge is -2.29. The van der Waals surface area contributed by atoms with Crippen LogP contribution in [0, 0.1) is 0 Å². The van der Waals surface area contributed by atoms with Crippen molar-refractivity contribution in [2.24, 2.45) is 0 Å². The summed E-state index contributed by atoms with van der Waals surface area (Å²) >= 11 is 0. The summed E-state index contributed by atoms with van der Waals surface area (Å²) in [5.74, 6) is 0.969. The first-order valence-corrected chi connectivity index (χ1v) is 10.8. The summed E-state index contributed by atoms with van der Waals surface area (Å²) in [6.45, 7) is 3.13. The van der Waals surface area contributed by atoms with E-state index in [4.69, 9.17) is 4.74 Å². The van der Waals surface area contributed by atoms with Crippen LogP contribution in [0.5, 0.6) is 0 Å². The highest BCUT2D eigenvalue weighted by atomic mass is 16.5. The van der Waals surface area contributed by atoms with Crippen LogP contribution in [0.2, 0.25) is 0 Å². The quantitative estimate of drug-likeness (QED) is 0.454. The van der Waals surface area contributed by atoms with Gasteiger partial charge in [0.15, 0.2) is 5.82 Å². The van der Waals surface area contributed by atoms with Crippen molar-refractivity contribution >= 4 is 5.82 Å². The van der Waals surface area contributed by atoms with Crippen LogP contribution in [0.3, 0.4) is 0 Å². The molecule has 1 saturated heterocycles. The minimum atomic E-state index is 0.725. The van der Waals surface area contributed by atoms with E-state index in [0.717, 1.165) is 44.1 Å². The van der Waals surface area contributed by atoms with Crippen molar-refractivity contribution in [3.8, 4) is 22.3 Å². The maximum atomic E-state index is 5.56. The van der Waals surface area contributed by atoms with Crippen molar-refractivity contribution in [3.63, 3.8) is 0 Å². The second kappa shape index (κ2) is 9.11. The molecule has 1 aromatic heterocycles. The predicted molar refractivity (Wildman–Crippen MR) is 125 cm³/mol. The largest absolute Gasteiger partial charge is 0.378 e. The summed E-state index contributed by atoms with van der Waals surface area (Å²) in [5.41, 5.74) is 7.26. The second-order valence-electron chi connectivity index (χ2n) is 7.77. The lowest BCUT2D eigenvalue weighted by Crippen LogP contribution is -2.37. The molecule has 0 saturated carbocycles. The smallest absolute Gasteiger partial charge is 0.155 e. The number of hydrogen-bond acceptors (Lipinski definition) is 4. The predicted octanol–water partition coefficient (Wildman–Crippen LogP) is 5.24. The zero-order chi connectivity index (χ0) is 20.9. The van der Waals surface area contributed by atoms with Gasteiger partial charge in [-0.1, -0.05) is 84.9 Å². The van der Waals surface area contributed by atoms with Crippen molar-refractivity contribution in [2.45, 2.75) is 6.42 Å². The minimum absolute atomic E-state index is 0.725. The highest BCUT2D eigenvalue weighted by Crippen LogP contribution is 2.32. The average Bonchev–Trinajstić information content (AvgIpc) is 2.86. The summed E-state index contributed by atoms with van der Waals surface area (Å²) in [7, 11) is 0. The lowest BCUT2D eigenvalue weighted by atomic mass is 9.95. The molecule has 31 heavy (non-hydrogen) atoms. The fourth-order valence-electron chi connectivity index (χ4n) is 4.12. The van der Waals surface area contributed by atoms with Crippen LogP contribution in [0.1, 0.15) is 11.1 Å². The SMILES string of the molecule is c1ccc(-c2ccc(Cc3c(-c4ccccc4)cnnc3N3CCOCC3)cc2)cc1. The van der Waals surface area contributed by atoms with Gasteiger partial charge in [-0.05, 0) is 22.3 Å². The molecule has 1 fully saturated rings. The zero-order valence-electron chi connectivity index (χ0n) is 17.4. The molecule has 0 radical (unpaired) electrons. The fourth-order valence-corrected chi connectivity index (χ4v) is 4.12. The highest BCUT2D eigenvalue weighted by Gasteiger charge is 2.20. The first kappa shape index (κ1) is 19.5. The standard InChI is InChI=1S/C27H25N3O/c1-3-7-22(8-4-1)23-13-11-21(12-14-23)19-25-26(24-9-5-2-6-10-24)20-28-29-27(25)30-15-17-31-18-16-30/h1-14,20H,15-19H2. The maximum absolute atomic E-state index is 5.56. The van der Waals surface area contributed by atoms with Gasteiger partial charge in [0.25, 0.3) is 0 Å². The molecule has 2 heterocycles. The Balaban J connectivity index is 1.52. The highest BCUT2D eigenvalue weighted by molar-refractivity contribution is 5.72. The Labute approximate surface area is 183 Å². The lowest BCUT2D eigenvalue weighted by molar-refractivity contribution is 0.122. The van der Waals surface area contributed by atoms with Crippen LogP contribution in [-0.4, -0.2) is 36.5 Å². The molecule has 4 aromatic rings. The molecular formula is C27H25N3O. The number of ether oxygens (including phenoxy) is 1. The van der Waals surface area contributed by atoms with Gasteiger partial charge >= 0.3 is 0 Å². The van der Waals surface area contributed by atoms with E-state index in [1.165, 1.54) is 27.8 Å². The molecular weight excluding hydrogens is 382 g/mol. The topological polar surface area (TPSA) is 38.2 Å². The van der Waals surface area contributed by atoms with Gasteiger partial charge in [-0.2, -0.15) is 5.10 Å². The molecule has 0 aliphatic carbocycles. The molecule has 4 heteroatoms. The van der Waals surface area contributed by atoms with Crippen molar-refractivity contribution in [1.82, 2.24) is 10.2 Å². The third-order valence-electron chi connectivity index (χ3n) is 5.77. The van der Waals surface area contributed by atoms with Gasteiger partial charge in [-0.15, -0.1) is 5.10 Å². The van der Waals surface area contributed by atoms with Crippen LogP contribution in [0.15, 0.2) is 91.1 Å². The number of rotatable bonds is 5. The van der Waals surface area contributed by atoms with Crippen molar-refractivity contribution < 1.29 is 4.74 Å². The van der Waals surface area contributed by atoms with E-state index in [0.29, 0.717) is 0 Å². The number of anilines is 1. The van der Waals surface area contributed by atoms with Crippen LogP contribution >= 0.6 is 0 Å². The molecule has 0 bridgehead atoms. The fraction of sp³-hybridized carbons (Fsp3) is 0.185. The molecule has 5 rings (SSSR count). The molecule has 0 spiro atoms. The summed E-state index contributed by atoms with van der Waals surface area (Å²) in [6.07, 6.45) is 2.70. The molecule has 154 valence electrons. The van der Waals surface area contributed by atoms with Crippen molar-refractivity contribution in [1.29, 1.82) is 0 Å². The average molecular weight is 408 g/mol. The summed E-state index contributed by atoms with van der Waals surface area (Å²) in [5, 5.41) is 8.93. The normalized spacial score (nSPS) is 13.9. The number of hydrogen-bond donors (Lipinski definition) is 0. The number of aromatic nitrogens is 2. The molecule has 3 aromatic carbocycles. The molecule has 0 amide bonds. The first-order chi connectivity index (χ1) is 15.4. The minimum Gasteiger partial charge on any atom is -0.378 e. The monoisotopic (exact) mass is 407 g/mol. The molecule has 0 N–H and O–H groups in total. The molecule has 1 aliphatic rings. The third-order valence-corrected chi connectivity index (χ3v) is 5.77. The Morgan fingerprint density at radius 1 is 0.710 bits per heavy atom. The van der Waals surface area contributed by atoms with Crippen LogP contribution < -0.4 is 4.90 Å². The van der Waals surface area contributed by atoms with E-state index in [-0.39, 0.29) is 0 Å². The van der Waals surface area contributed by atoms with Gasteiger partial charge in [0.1, 0.15) is 0 Å². The Hall–Kier alpha value is -3.50.